The van der Waals surface area contributed by atoms with Crippen LogP contribution < -0.4 is 0 Å². The molecule has 102 valence electrons. The Kier molecular flexibility index (Phi) is 3.50. The molecule has 2 heteroatoms. The van der Waals surface area contributed by atoms with Crippen LogP contribution in [0.25, 0.3) is 0 Å². The summed E-state index contributed by atoms with van der Waals surface area (Å²) in [7, 11) is 0. The molecule has 0 aromatic rings. The average Bonchev–Trinajstić information content (AvgIpc) is 2.37. The smallest absolute Gasteiger partial charge is 0.0480 e. The van der Waals surface area contributed by atoms with Crippen molar-refractivity contribution in [2.75, 3.05) is 26.3 Å². The first kappa shape index (κ1) is 12.7. The number of likely N-dealkylation sites (tertiary alicyclic amines) is 1. The molecule has 0 bridgehead atoms. The summed E-state index contributed by atoms with van der Waals surface area (Å²) in [6.45, 7) is 9.23. The molecule has 0 radical (unpaired) electrons. The summed E-state index contributed by atoms with van der Waals surface area (Å²) in [4.78, 5) is 2.73. The van der Waals surface area contributed by atoms with Crippen LogP contribution in [0.4, 0.5) is 0 Å². The highest BCUT2D eigenvalue weighted by Gasteiger charge is 2.41. The van der Waals surface area contributed by atoms with E-state index in [-0.39, 0.29) is 0 Å². The van der Waals surface area contributed by atoms with Crippen LogP contribution in [0, 0.1) is 11.3 Å². The molecule has 18 heavy (non-hydrogen) atoms. The van der Waals surface area contributed by atoms with Crippen LogP contribution in [0.2, 0.25) is 0 Å². The summed E-state index contributed by atoms with van der Waals surface area (Å²) < 4.78 is 5.47. The Balaban J connectivity index is 1.53. The molecule has 0 atom stereocenters. The van der Waals surface area contributed by atoms with E-state index in [1.165, 1.54) is 45.2 Å². The molecule has 2 aliphatic heterocycles. The molecule has 0 unspecified atom stereocenters. The van der Waals surface area contributed by atoms with Gasteiger partial charge in [0.1, 0.15) is 0 Å². The number of allylic oxidation sites excluding steroid dienone is 2. The van der Waals surface area contributed by atoms with Crippen molar-refractivity contribution in [3.05, 3.63) is 11.6 Å². The molecule has 2 fully saturated rings. The molecule has 0 aromatic heterocycles. The van der Waals surface area contributed by atoms with Gasteiger partial charge in [-0.05, 0) is 56.5 Å². The predicted molar refractivity (Wildman–Crippen MR) is 74.6 cm³/mol. The Morgan fingerprint density at radius 3 is 2.39 bits per heavy atom. The lowest BCUT2D eigenvalue weighted by atomic mass is 9.63. The lowest BCUT2D eigenvalue weighted by Gasteiger charge is -2.49. The van der Waals surface area contributed by atoms with E-state index < -0.39 is 0 Å². The molecule has 0 aromatic carbocycles. The van der Waals surface area contributed by atoms with Gasteiger partial charge in [0.15, 0.2) is 0 Å². The first-order chi connectivity index (χ1) is 8.69. The third-order valence-corrected chi connectivity index (χ3v) is 5.29. The fraction of sp³-hybridized carbons (Fsp3) is 0.875. The average molecular weight is 249 g/mol. The lowest BCUT2D eigenvalue weighted by molar-refractivity contribution is 0.00996. The molecule has 3 aliphatic rings. The van der Waals surface area contributed by atoms with Crippen LogP contribution >= 0.6 is 0 Å². The lowest BCUT2D eigenvalue weighted by Crippen LogP contribution is -2.48. The highest BCUT2D eigenvalue weighted by molar-refractivity contribution is 5.26. The van der Waals surface area contributed by atoms with E-state index in [1.807, 2.05) is 0 Å². The van der Waals surface area contributed by atoms with Crippen molar-refractivity contribution in [2.24, 2.45) is 11.3 Å². The van der Waals surface area contributed by atoms with Crippen molar-refractivity contribution in [1.29, 1.82) is 0 Å². The minimum absolute atomic E-state index is 0.598. The monoisotopic (exact) mass is 249 g/mol. The number of nitrogens with zero attached hydrogens (tertiary/aromatic N) is 1. The van der Waals surface area contributed by atoms with E-state index in [0.29, 0.717) is 5.41 Å². The van der Waals surface area contributed by atoms with E-state index in [1.54, 1.807) is 5.57 Å². The molecule has 0 N–H and O–H groups in total. The highest BCUT2D eigenvalue weighted by atomic mass is 16.5. The van der Waals surface area contributed by atoms with Crippen LogP contribution in [0.1, 0.15) is 46.0 Å². The van der Waals surface area contributed by atoms with Gasteiger partial charge >= 0.3 is 0 Å². The molecule has 1 spiro atoms. The van der Waals surface area contributed by atoms with Crippen LogP contribution in [-0.2, 0) is 4.74 Å². The van der Waals surface area contributed by atoms with E-state index in [4.69, 9.17) is 4.74 Å². The summed E-state index contributed by atoms with van der Waals surface area (Å²) in [6, 6.07) is 0.810. The molecule has 2 saturated heterocycles. The number of ether oxygens (including phenoxy) is 1. The maximum atomic E-state index is 5.47. The summed E-state index contributed by atoms with van der Waals surface area (Å²) in [6.07, 6.45) is 9.27. The first-order valence-corrected chi connectivity index (χ1v) is 7.72. The second-order valence-corrected chi connectivity index (χ2v) is 6.79. The normalized spacial score (nSPS) is 29.4. The zero-order valence-electron chi connectivity index (χ0n) is 12.0. The summed E-state index contributed by atoms with van der Waals surface area (Å²) in [5.74, 6) is 0.768. The van der Waals surface area contributed by atoms with E-state index in [0.717, 1.165) is 25.2 Å². The van der Waals surface area contributed by atoms with Crippen molar-refractivity contribution in [3.8, 4) is 0 Å². The fourth-order valence-corrected chi connectivity index (χ4v) is 3.85. The molecule has 3 rings (SSSR count). The van der Waals surface area contributed by atoms with Gasteiger partial charge in [-0.15, -0.1) is 0 Å². The van der Waals surface area contributed by atoms with Crippen LogP contribution in [-0.4, -0.2) is 37.2 Å². The molecule has 2 heterocycles. The third-order valence-electron chi connectivity index (χ3n) is 5.29. The van der Waals surface area contributed by atoms with Gasteiger partial charge in [0.25, 0.3) is 0 Å². The second kappa shape index (κ2) is 4.97. The van der Waals surface area contributed by atoms with Crippen LogP contribution in [0.5, 0.6) is 0 Å². The van der Waals surface area contributed by atoms with Crippen molar-refractivity contribution >= 4 is 0 Å². The Hall–Kier alpha value is -0.340. The van der Waals surface area contributed by atoms with Gasteiger partial charge in [-0.3, -0.25) is 0 Å². The minimum Gasteiger partial charge on any atom is -0.381 e. The number of rotatable bonds is 2. The van der Waals surface area contributed by atoms with Gasteiger partial charge in [-0.2, -0.15) is 0 Å². The minimum atomic E-state index is 0.598. The Morgan fingerprint density at radius 2 is 1.83 bits per heavy atom. The van der Waals surface area contributed by atoms with Crippen molar-refractivity contribution in [3.63, 3.8) is 0 Å². The largest absolute Gasteiger partial charge is 0.381 e. The summed E-state index contributed by atoms with van der Waals surface area (Å²) in [5, 5.41) is 0. The zero-order chi connectivity index (χ0) is 12.6. The molecule has 2 nitrogen and oxygen atoms in total. The van der Waals surface area contributed by atoms with Crippen LogP contribution in [0.3, 0.4) is 0 Å². The van der Waals surface area contributed by atoms with Crippen molar-refractivity contribution in [1.82, 2.24) is 4.90 Å². The molecule has 0 amide bonds. The maximum Gasteiger partial charge on any atom is 0.0480 e. The fourth-order valence-electron chi connectivity index (χ4n) is 3.85. The zero-order valence-corrected chi connectivity index (χ0v) is 12.0. The molecule has 0 saturated carbocycles. The van der Waals surface area contributed by atoms with Gasteiger partial charge in [-0.1, -0.05) is 25.5 Å². The second-order valence-electron chi connectivity index (χ2n) is 6.79. The highest BCUT2D eigenvalue weighted by Crippen LogP contribution is 2.49. The van der Waals surface area contributed by atoms with Gasteiger partial charge in [0.2, 0.25) is 0 Å². The SMILES string of the molecule is CC(C)C1=CC2(CCN(C3CCOCC3)CC2)C1. The maximum absolute atomic E-state index is 5.47. The first-order valence-electron chi connectivity index (χ1n) is 7.72. The Bertz CT molecular complexity index is 320. The Labute approximate surface area is 111 Å². The summed E-state index contributed by atoms with van der Waals surface area (Å²) >= 11 is 0. The Morgan fingerprint density at radius 1 is 1.22 bits per heavy atom. The number of piperidine rings is 1. The predicted octanol–water partition coefficient (Wildman–Crippen LogP) is 3.23. The van der Waals surface area contributed by atoms with Crippen LogP contribution in [0.15, 0.2) is 11.6 Å². The number of hydrogen-bond acceptors (Lipinski definition) is 2. The van der Waals surface area contributed by atoms with Gasteiger partial charge in [-0.25, -0.2) is 0 Å². The van der Waals surface area contributed by atoms with Crippen molar-refractivity contribution in [2.45, 2.75) is 52.0 Å². The topological polar surface area (TPSA) is 12.5 Å². The summed E-state index contributed by atoms with van der Waals surface area (Å²) in [5.41, 5.74) is 2.30. The molecule has 1 aliphatic carbocycles. The van der Waals surface area contributed by atoms with Gasteiger partial charge < -0.3 is 9.64 Å². The van der Waals surface area contributed by atoms with Crippen molar-refractivity contribution < 1.29 is 4.74 Å². The van der Waals surface area contributed by atoms with E-state index in [2.05, 4.69) is 24.8 Å². The third kappa shape index (κ3) is 2.37. The standard InChI is InChI=1S/C16H27NO/c1-13(2)14-11-16(12-14)5-7-17(8-6-16)15-3-9-18-10-4-15/h11,13,15H,3-10,12H2,1-2H3. The number of hydrogen-bond donors (Lipinski definition) is 0. The quantitative estimate of drug-likeness (QED) is 0.697. The van der Waals surface area contributed by atoms with Gasteiger partial charge in [0.05, 0.1) is 0 Å². The molecular weight excluding hydrogens is 222 g/mol. The van der Waals surface area contributed by atoms with E-state index in [9.17, 15) is 0 Å². The van der Waals surface area contributed by atoms with E-state index >= 15 is 0 Å². The molecular formula is C16H27NO. The van der Waals surface area contributed by atoms with Gasteiger partial charge in [0, 0.05) is 19.3 Å².